The number of ether oxygens (including phenoxy) is 2. The second-order valence-electron chi connectivity index (χ2n) is 6.18. The van der Waals surface area contributed by atoms with E-state index in [9.17, 15) is 4.79 Å². The van der Waals surface area contributed by atoms with Gasteiger partial charge in [0.15, 0.2) is 11.5 Å². The van der Waals surface area contributed by atoms with Gasteiger partial charge in [0.2, 0.25) is 5.91 Å². The number of benzene rings is 2. The Bertz CT molecular complexity index is 754. The van der Waals surface area contributed by atoms with Crippen molar-refractivity contribution in [1.82, 2.24) is 5.32 Å². The molecular weight excluding hydrogens is 394 g/mol. The SMILES string of the molecule is CCOc1ccc(CCC(=O)NCCSCc2cccc(Cl)c2)cc1OCC. The van der Waals surface area contributed by atoms with Crippen LogP contribution < -0.4 is 14.8 Å². The predicted octanol–water partition coefficient (Wildman–Crippen LogP) is 5.12. The number of carbonyl (C=O) groups excluding carboxylic acids is 1. The first-order valence-electron chi connectivity index (χ1n) is 9.59. The van der Waals surface area contributed by atoms with E-state index in [0.29, 0.717) is 32.6 Å². The van der Waals surface area contributed by atoms with Gasteiger partial charge in [0, 0.05) is 29.5 Å². The van der Waals surface area contributed by atoms with Gasteiger partial charge in [0.1, 0.15) is 0 Å². The van der Waals surface area contributed by atoms with E-state index in [1.807, 2.05) is 50.2 Å². The van der Waals surface area contributed by atoms with Crippen molar-refractivity contribution in [3.63, 3.8) is 0 Å². The van der Waals surface area contributed by atoms with Crippen LogP contribution in [0.4, 0.5) is 0 Å². The number of thioether (sulfide) groups is 1. The van der Waals surface area contributed by atoms with Crippen LogP contribution in [0.15, 0.2) is 42.5 Å². The number of aryl methyl sites for hydroxylation is 1. The molecule has 0 aliphatic carbocycles. The van der Waals surface area contributed by atoms with Crippen molar-refractivity contribution in [2.24, 2.45) is 0 Å². The summed E-state index contributed by atoms with van der Waals surface area (Å²) in [4.78, 5) is 12.1. The quantitative estimate of drug-likeness (QED) is 0.483. The lowest BCUT2D eigenvalue weighted by molar-refractivity contribution is -0.120. The highest BCUT2D eigenvalue weighted by Gasteiger charge is 2.08. The molecule has 2 aromatic rings. The third-order valence-electron chi connectivity index (χ3n) is 3.97. The minimum absolute atomic E-state index is 0.0650. The molecule has 28 heavy (non-hydrogen) atoms. The summed E-state index contributed by atoms with van der Waals surface area (Å²) in [6, 6.07) is 13.7. The lowest BCUT2D eigenvalue weighted by atomic mass is 10.1. The van der Waals surface area contributed by atoms with E-state index in [4.69, 9.17) is 21.1 Å². The van der Waals surface area contributed by atoms with Gasteiger partial charge < -0.3 is 14.8 Å². The van der Waals surface area contributed by atoms with E-state index < -0.39 is 0 Å². The second kappa shape index (κ2) is 12.6. The molecule has 0 saturated carbocycles. The van der Waals surface area contributed by atoms with E-state index in [2.05, 4.69) is 11.4 Å². The minimum atomic E-state index is 0.0650. The zero-order valence-electron chi connectivity index (χ0n) is 16.5. The number of nitrogens with one attached hydrogen (secondary N) is 1. The van der Waals surface area contributed by atoms with Crippen molar-refractivity contribution < 1.29 is 14.3 Å². The zero-order chi connectivity index (χ0) is 20.2. The second-order valence-corrected chi connectivity index (χ2v) is 7.72. The molecule has 0 aliphatic rings. The van der Waals surface area contributed by atoms with Crippen molar-refractivity contribution in [2.45, 2.75) is 32.4 Å². The fourth-order valence-electron chi connectivity index (χ4n) is 2.68. The predicted molar refractivity (Wildman–Crippen MR) is 118 cm³/mol. The Kier molecular flexibility index (Phi) is 10.1. The van der Waals surface area contributed by atoms with Crippen molar-refractivity contribution in [3.8, 4) is 11.5 Å². The van der Waals surface area contributed by atoms with Gasteiger partial charge in [-0.05, 0) is 55.7 Å². The summed E-state index contributed by atoms with van der Waals surface area (Å²) in [6.07, 6.45) is 1.13. The van der Waals surface area contributed by atoms with Crippen LogP contribution >= 0.6 is 23.4 Å². The van der Waals surface area contributed by atoms with Crippen LogP contribution in [0, 0.1) is 0 Å². The molecule has 0 heterocycles. The third-order valence-corrected chi connectivity index (χ3v) is 5.24. The topological polar surface area (TPSA) is 47.6 Å². The lowest BCUT2D eigenvalue weighted by Crippen LogP contribution is -2.25. The Morgan fingerprint density at radius 3 is 2.57 bits per heavy atom. The molecular formula is C22H28ClNO3S. The highest BCUT2D eigenvalue weighted by atomic mass is 35.5. The lowest BCUT2D eigenvalue weighted by Gasteiger charge is -2.12. The number of halogens is 1. The highest BCUT2D eigenvalue weighted by Crippen LogP contribution is 2.29. The molecule has 0 aliphatic heterocycles. The fraction of sp³-hybridized carbons (Fsp3) is 0.409. The monoisotopic (exact) mass is 421 g/mol. The van der Waals surface area contributed by atoms with E-state index in [1.54, 1.807) is 11.8 Å². The Morgan fingerprint density at radius 1 is 1.04 bits per heavy atom. The van der Waals surface area contributed by atoms with Crippen LogP contribution in [-0.2, 0) is 17.0 Å². The van der Waals surface area contributed by atoms with Crippen LogP contribution in [0.2, 0.25) is 5.02 Å². The van der Waals surface area contributed by atoms with Gasteiger partial charge in [-0.3, -0.25) is 4.79 Å². The summed E-state index contributed by atoms with van der Waals surface area (Å²) in [6.45, 7) is 5.73. The fourth-order valence-corrected chi connectivity index (χ4v) is 3.70. The zero-order valence-corrected chi connectivity index (χ0v) is 18.1. The van der Waals surface area contributed by atoms with Gasteiger partial charge in [-0.15, -0.1) is 0 Å². The van der Waals surface area contributed by atoms with Gasteiger partial charge in [-0.25, -0.2) is 0 Å². The molecule has 0 atom stereocenters. The van der Waals surface area contributed by atoms with E-state index >= 15 is 0 Å². The molecule has 1 amide bonds. The minimum Gasteiger partial charge on any atom is -0.490 e. The Balaban J connectivity index is 1.68. The summed E-state index contributed by atoms with van der Waals surface area (Å²) in [7, 11) is 0. The Labute approximate surface area is 177 Å². The van der Waals surface area contributed by atoms with Gasteiger partial charge >= 0.3 is 0 Å². The average Bonchev–Trinajstić information content (AvgIpc) is 2.68. The molecule has 2 rings (SSSR count). The summed E-state index contributed by atoms with van der Waals surface area (Å²) in [5.41, 5.74) is 2.27. The first-order valence-corrected chi connectivity index (χ1v) is 11.1. The van der Waals surface area contributed by atoms with Crippen LogP contribution in [-0.4, -0.2) is 31.4 Å². The molecule has 152 valence electrons. The summed E-state index contributed by atoms with van der Waals surface area (Å²) in [5.74, 6) is 3.31. The van der Waals surface area contributed by atoms with E-state index in [1.165, 1.54) is 5.56 Å². The largest absolute Gasteiger partial charge is 0.490 e. The molecule has 2 aromatic carbocycles. The number of amides is 1. The molecule has 0 fully saturated rings. The van der Waals surface area contributed by atoms with E-state index in [0.717, 1.165) is 33.6 Å². The first-order chi connectivity index (χ1) is 13.6. The number of hydrogen-bond donors (Lipinski definition) is 1. The third kappa shape index (κ3) is 8.03. The van der Waals surface area contributed by atoms with Crippen LogP contribution in [0.5, 0.6) is 11.5 Å². The standard InChI is InChI=1S/C22H28ClNO3S/c1-3-26-20-10-8-17(15-21(20)27-4-2)9-11-22(25)24-12-13-28-16-18-6-5-7-19(23)14-18/h5-8,10,14-15H,3-4,9,11-13,16H2,1-2H3,(H,24,25). The summed E-state index contributed by atoms with van der Waals surface area (Å²) < 4.78 is 11.2. The van der Waals surface area contributed by atoms with Crippen molar-refractivity contribution >= 4 is 29.3 Å². The number of rotatable bonds is 12. The summed E-state index contributed by atoms with van der Waals surface area (Å²) in [5, 5.41) is 3.74. The molecule has 0 saturated heterocycles. The molecule has 0 unspecified atom stereocenters. The van der Waals surface area contributed by atoms with Gasteiger partial charge in [0.05, 0.1) is 13.2 Å². The maximum absolute atomic E-state index is 12.1. The summed E-state index contributed by atoms with van der Waals surface area (Å²) >= 11 is 7.76. The van der Waals surface area contributed by atoms with E-state index in [-0.39, 0.29) is 5.91 Å². The van der Waals surface area contributed by atoms with Crippen molar-refractivity contribution in [3.05, 3.63) is 58.6 Å². The smallest absolute Gasteiger partial charge is 0.220 e. The van der Waals surface area contributed by atoms with Gasteiger partial charge in [-0.1, -0.05) is 29.8 Å². The first kappa shape index (κ1) is 22.4. The molecule has 4 nitrogen and oxygen atoms in total. The van der Waals surface area contributed by atoms with Crippen LogP contribution in [0.25, 0.3) is 0 Å². The highest BCUT2D eigenvalue weighted by molar-refractivity contribution is 7.98. The van der Waals surface area contributed by atoms with Crippen LogP contribution in [0.1, 0.15) is 31.4 Å². The maximum Gasteiger partial charge on any atom is 0.220 e. The van der Waals surface area contributed by atoms with Crippen LogP contribution in [0.3, 0.4) is 0 Å². The van der Waals surface area contributed by atoms with Gasteiger partial charge in [0.25, 0.3) is 0 Å². The molecule has 0 aromatic heterocycles. The Hall–Kier alpha value is -1.85. The maximum atomic E-state index is 12.1. The normalized spacial score (nSPS) is 10.5. The van der Waals surface area contributed by atoms with Crippen molar-refractivity contribution in [2.75, 3.05) is 25.5 Å². The molecule has 1 N–H and O–H groups in total. The molecule has 0 spiro atoms. The Morgan fingerprint density at radius 2 is 1.82 bits per heavy atom. The van der Waals surface area contributed by atoms with Gasteiger partial charge in [-0.2, -0.15) is 11.8 Å². The number of hydrogen-bond acceptors (Lipinski definition) is 4. The molecule has 0 radical (unpaired) electrons. The van der Waals surface area contributed by atoms with Crippen molar-refractivity contribution in [1.29, 1.82) is 0 Å². The molecule has 0 bridgehead atoms. The number of carbonyl (C=O) groups is 1. The molecule has 6 heteroatoms. The average molecular weight is 422 g/mol.